The highest BCUT2D eigenvalue weighted by Crippen LogP contribution is 1.88. The summed E-state index contributed by atoms with van der Waals surface area (Å²) in [4.78, 5) is 13.0. The fourth-order valence-electron chi connectivity index (χ4n) is 0.814. The Balaban J connectivity index is 2.16. The molecule has 1 atom stereocenters. The molecule has 0 aromatic heterocycles. The van der Waals surface area contributed by atoms with Crippen LogP contribution in [0.2, 0.25) is 0 Å². The maximum atomic E-state index is 10.4. The zero-order valence-corrected chi connectivity index (χ0v) is 6.26. The van der Waals surface area contributed by atoms with E-state index in [0.717, 1.165) is 0 Å². The summed E-state index contributed by atoms with van der Waals surface area (Å²) >= 11 is 0. The number of hydrogen-bond acceptors (Lipinski definition) is 2. The number of nitrogens with one attached hydrogen (secondary N) is 2. The van der Waals surface area contributed by atoms with E-state index in [4.69, 9.17) is 9.84 Å². The summed E-state index contributed by atoms with van der Waals surface area (Å²) in [5.41, 5.74) is 0. The SMILES string of the molecule is CC(=O)NCC1C[NH+]=C(O)O1. The van der Waals surface area contributed by atoms with E-state index < -0.39 is 0 Å². The van der Waals surface area contributed by atoms with Crippen LogP contribution in [0.5, 0.6) is 0 Å². The van der Waals surface area contributed by atoms with Gasteiger partial charge in [0.15, 0.2) is 12.6 Å². The molecule has 1 unspecified atom stereocenters. The summed E-state index contributed by atoms with van der Waals surface area (Å²) < 4.78 is 4.86. The lowest BCUT2D eigenvalue weighted by Crippen LogP contribution is -2.71. The summed E-state index contributed by atoms with van der Waals surface area (Å²) in [5.74, 6) is -0.0972. The van der Waals surface area contributed by atoms with Crippen LogP contribution in [0.25, 0.3) is 0 Å². The maximum absolute atomic E-state index is 10.4. The molecule has 5 heteroatoms. The van der Waals surface area contributed by atoms with Crippen molar-refractivity contribution in [2.45, 2.75) is 13.0 Å². The smallest absolute Gasteiger partial charge is 0.430 e. The quantitative estimate of drug-likeness (QED) is 0.417. The van der Waals surface area contributed by atoms with Crippen molar-refractivity contribution in [3.8, 4) is 0 Å². The number of hydrogen-bond donors (Lipinski definition) is 3. The molecular formula is C6H11N2O3+. The van der Waals surface area contributed by atoms with E-state index >= 15 is 0 Å². The third-order valence-electron chi connectivity index (χ3n) is 1.34. The molecule has 0 radical (unpaired) electrons. The van der Waals surface area contributed by atoms with Gasteiger partial charge in [0.25, 0.3) is 0 Å². The van der Waals surface area contributed by atoms with Crippen LogP contribution in [0.4, 0.5) is 0 Å². The Morgan fingerprint density at radius 1 is 2.00 bits per heavy atom. The summed E-state index contributed by atoms with van der Waals surface area (Å²) in [6.07, 6.45) is -0.320. The molecule has 0 saturated heterocycles. The van der Waals surface area contributed by atoms with Crippen LogP contribution in [-0.4, -0.2) is 36.3 Å². The van der Waals surface area contributed by atoms with Crippen LogP contribution in [0.1, 0.15) is 6.92 Å². The van der Waals surface area contributed by atoms with Gasteiger partial charge in [-0.25, -0.2) is 0 Å². The molecule has 11 heavy (non-hydrogen) atoms. The van der Waals surface area contributed by atoms with Crippen LogP contribution >= 0.6 is 0 Å². The number of amides is 1. The molecule has 0 bridgehead atoms. The number of carbonyl (C=O) groups is 1. The highest BCUT2D eigenvalue weighted by atomic mass is 16.6. The van der Waals surface area contributed by atoms with E-state index in [1.54, 1.807) is 0 Å². The largest absolute Gasteiger partial charge is 0.545 e. The number of aliphatic hydroxyl groups is 1. The van der Waals surface area contributed by atoms with E-state index in [1.165, 1.54) is 6.92 Å². The zero-order chi connectivity index (χ0) is 8.27. The highest BCUT2D eigenvalue weighted by molar-refractivity contribution is 5.72. The van der Waals surface area contributed by atoms with Gasteiger partial charge in [0.2, 0.25) is 5.91 Å². The van der Waals surface area contributed by atoms with Crippen LogP contribution in [0, 0.1) is 0 Å². The van der Waals surface area contributed by atoms with Crippen LogP contribution < -0.4 is 10.3 Å². The molecule has 0 saturated carbocycles. The molecule has 0 aromatic carbocycles. The number of aliphatic hydroxyl groups excluding tert-OH is 1. The molecular weight excluding hydrogens is 148 g/mol. The molecule has 1 heterocycles. The second kappa shape index (κ2) is 3.23. The molecule has 3 N–H and O–H groups in total. The maximum Gasteiger partial charge on any atom is 0.545 e. The third-order valence-corrected chi connectivity index (χ3v) is 1.34. The Bertz CT molecular complexity index is 190. The van der Waals surface area contributed by atoms with Crippen molar-refractivity contribution in [1.82, 2.24) is 5.32 Å². The van der Waals surface area contributed by atoms with Crippen molar-refractivity contribution in [3.63, 3.8) is 0 Å². The van der Waals surface area contributed by atoms with E-state index in [9.17, 15) is 4.79 Å². The second-order valence-corrected chi connectivity index (χ2v) is 2.36. The van der Waals surface area contributed by atoms with E-state index in [0.29, 0.717) is 13.1 Å². The van der Waals surface area contributed by atoms with Gasteiger partial charge in [0, 0.05) is 6.92 Å². The summed E-state index contributed by atoms with van der Waals surface area (Å²) in [6, 6.07) is 0. The predicted molar refractivity (Wildman–Crippen MR) is 37.0 cm³/mol. The van der Waals surface area contributed by atoms with Gasteiger partial charge in [0.1, 0.15) is 0 Å². The van der Waals surface area contributed by atoms with Crippen molar-refractivity contribution < 1.29 is 19.6 Å². The summed E-state index contributed by atoms with van der Waals surface area (Å²) in [7, 11) is 0. The van der Waals surface area contributed by atoms with E-state index in [2.05, 4.69) is 10.3 Å². The first-order valence-electron chi connectivity index (χ1n) is 3.39. The molecule has 1 rings (SSSR count). The Morgan fingerprint density at radius 3 is 3.18 bits per heavy atom. The summed E-state index contributed by atoms with van der Waals surface area (Å²) in [6.45, 7) is 2.39. The lowest BCUT2D eigenvalue weighted by Gasteiger charge is -2.04. The van der Waals surface area contributed by atoms with Crippen LogP contribution in [0.3, 0.4) is 0 Å². The second-order valence-electron chi connectivity index (χ2n) is 2.36. The zero-order valence-electron chi connectivity index (χ0n) is 6.26. The standard InChI is InChI=1S/C6H10N2O3/c1-4(9)7-2-5-3-8-6(10)11-5/h5H,2-3H2,1H3,(H,7,9)(H,8,10)/p+1. The molecule has 1 amide bonds. The average Bonchev–Trinajstić information content (AvgIpc) is 2.31. The van der Waals surface area contributed by atoms with Crippen LogP contribution in [0.15, 0.2) is 0 Å². The topological polar surface area (TPSA) is 72.5 Å². The highest BCUT2D eigenvalue weighted by Gasteiger charge is 2.24. The van der Waals surface area contributed by atoms with Gasteiger partial charge in [-0.05, 0) is 0 Å². The predicted octanol–water partition coefficient (Wildman–Crippen LogP) is -2.48. The minimum absolute atomic E-state index is 0.0972. The molecule has 0 aromatic rings. The fourth-order valence-corrected chi connectivity index (χ4v) is 0.814. The van der Waals surface area contributed by atoms with Gasteiger partial charge in [-0.2, -0.15) is 4.99 Å². The van der Waals surface area contributed by atoms with Gasteiger partial charge in [-0.1, -0.05) is 0 Å². The van der Waals surface area contributed by atoms with Gasteiger partial charge in [-0.3, -0.25) is 4.79 Å². The Morgan fingerprint density at radius 2 is 2.73 bits per heavy atom. The molecule has 1 aliphatic rings. The van der Waals surface area contributed by atoms with Crippen molar-refractivity contribution in [2.75, 3.05) is 13.1 Å². The third kappa shape index (κ3) is 2.45. The van der Waals surface area contributed by atoms with E-state index in [-0.39, 0.29) is 18.1 Å². The minimum Gasteiger partial charge on any atom is -0.430 e. The van der Waals surface area contributed by atoms with Crippen molar-refractivity contribution >= 4 is 12.0 Å². The first-order valence-corrected chi connectivity index (χ1v) is 3.39. The molecule has 0 fully saturated rings. The molecule has 0 spiro atoms. The molecule has 0 aliphatic carbocycles. The van der Waals surface area contributed by atoms with E-state index in [1.807, 2.05) is 0 Å². The minimum atomic E-state index is -0.166. The van der Waals surface area contributed by atoms with Gasteiger partial charge >= 0.3 is 6.08 Å². The number of carbonyl (C=O) groups excluding carboxylic acids is 1. The van der Waals surface area contributed by atoms with Crippen molar-refractivity contribution in [1.29, 1.82) is 0 Å². The van der Waals surface area contributed by atoms with Gasteiger partial charge in [-0.15, -0.1) is 0 Å². The monoisotopic (exact) mass is 159 g/mol. The molecule has 62 valence electrons. The van der Waals surface area contributed by atoms with Gasteiger partial charge < -0.3 is 15.2 Å². The summed E-state index contributed by atoms with van der Waals surface area (Å²) in [5, 5.41) is 11.3. The van der Waals surface area contributed by atoms with Crippen molar-refractivity contribution in [2.24, 2.45) is 0 Å². The number of ether oxygens (including phenoxy) is 1. The Labute approximate surface area is 64.1 Å². The fraction of sp³-hybridized carbons (Fsp3) is 0.667. The Hall–Kier alpha value is -1.26. The first kappa shape index (κ1) is 7.84. The first-order chi connectivity index (χ1) is 5.18. The average molecular weight is 159 g/mol. The van der Waals surface area contributed by atoms with Gasteiger partial charge in [0.05, 0.1) is 6.54 Å². The van der Waals surface area contributed by atoms with Crippen molar-refractivity contribution in [3.05, 3.63) is 0 Å². The van der Waals surface area contributed by atoms with Crippen LogP contribution in [-0.2, 0) is 9.53 Å². The Kier molecular flexibility index (Phi) is 2.30. The normalized spacial score (nSPS) is 22.3. The molecule has 1 aliphatic heterocycles. The lowest BCUT2D eigenvalue weighted by atomic mass is 10.3. The number of rotatable bonds is 2. The molecule has 5 nitrogen and oxygen atoms in total. The lowest BCUT2D eigenvalue weighted by molar-refractivity contribution is -0.457.